The predicted octanol–water partition coefficient (Wildman–Crippen LogP) is 2.85. The highest BCUT2D eigenvalue weighted by Gasteiger charge is 2.42. The van der Waals surface area contributed by atoms with E-state index in [4.69, 9.17) is 9.47 Å². The SMILES string of the molecule is COc1ccc(CN2C(=O)C(c3ccc(C)c(C)c3)=C(N3CCN(C)CC3)C2=O)cc1OC. The molecule has 2 amide bonds. The Kier molecular flexibility index (Phi) is 6.42. The number of hydrogen-bond acceptors (Lipinski definition) is 6. The maximum atomic E-state index is 13.7. The fourth-order valence-electron chi connectivity index (χ4n) is 4.35. The van der Waals surface area contributed by atoms with Crippen molar-refractivity contribution in [1.82, 2.24) is 14.7 Å². The van der Waals surface area contributed by atoms with Gasteiger partial charge in [0.2, 0.25) is 0 Å². The average Bonchev–Trinajstić information content (AvgIpc) is 3.06. The monoisotopic (exact) mass is 449 g/mol. The number of nitrogens with zero attached hydrogens (tertiary/aromatic N) is 3. The smallest absolute Gasteiger partial charge is 0.278 e. The molecule has 2 aromatic rings. The first-order chi connectivity index (χ1) is 15.8. The minimum absolute atomic E-state index is 0.170. The third-order valence-corrected chi connectivity index (χ3v) is 6.55. The van der Waals surface area contributed by atoms with Crippen LogP contribution in [0.4, 0.5) is 0 Å². The predicted molar refractivity (Wildman–Crippen MR) is 127 cm³/mol. The number of likely N-dealkylation sites (N-methyl/N-ethyl adjacent to an activating group) is 1. The summed E-state index contributed by atoms with van der Waals surface area (Å²) in [5.41, 5.74) is 4.84. The van der Waals surface area contributed by atoms with Crippen molar-refractivity contribution in [2.45, 2.75) is 20.4 Å². The number of methoxy groups -OCH3 is 2. The lowest BCUT2D eigenvalue weighted by Gasteiger charge is -2.34. The largest absolute Gasteiger partial charge is 0.493 e. The molecule has 0 spiro atoms. The molecule has 4 rings (SSSR count). The molecule has 0 unspecified atom stereocenters. The highest BCUT2D eigenvalue weighted by Crippen LogP contribution is 2.35. The van der Waals surface area contributed by atoms with Crippen molar-refractivity contribution >= 4 is 17.4 Å². The molecule has 33 heavy (non-hydrogen) atoms. The fourth-order valence-corrected chi connectivity index (χ4v) is 4.35. The second-order valence-electron chi connectivity index (χ2n) is 8.70. The van der Waals surface area contributed by atoms with Gasteiger partial charge in [0.1, 0.15) is 5.70 Å². The molecular formula is C26H31N3O4. The normalized spacial score (nSPS) is 17.2. The molecule has 174 valence electrons. The van der Waals surface area contributed by atoms with E-state index in [2.05, 4.69) is 16.8 Å². The third kappa shape index (κ3) is 4.33. The van der Waals surface area contributed by atoms with Crippen LogP contribution in [-0.4, -0.2) is 74.0 Å². The van der Waals surface area contributed by atoms with Crippen LogP contribution in [0.1, 0.15) is 22.3 Å². The van der Waals surface area contributed by atoms with Crippen LogP contribution >= 0.6 is 0 Å². The van der Waals surface area contributed by atoms with Crippen molar-refractivity contribution in [2.24, 2.45) is 0 Å². The van der Waals surface area contributed by atoms with Gasteiger partial charge in [-0.15, -0.1) is 0 Å². The number of hydrogen-bond donors (Lipinski definition) is 0. The summed E-state index contributed by atoms with van der Waals surface area (Å²) in [6.45, 7) is 7.36. The second-order valence-corrected chi connectivity index (χ2v) is 8.70. The number of imide groups is 1. The first-order valence-electron chi connectivity index (χ1n) is 11.2. The molecular weight excluding hydrogens is 418 g/mol. The lowest BCUT2D eigenvalue weighted by Crippen LogP contribution is -2.46. The molecule has 2 aliphatic rings. The van der Waals surface area contributed by atoms with Crippen LogP contribution in [0.2, 0.25) is 0 Å². The maximum Gasteiger partial charge on any atom is 0.278 e. The summed E-state index contributed by atoms with van der Waals surface area (Å²) in [4.78, 5) is 33.0. The van der Waals surface area contributed by atoms with Crippen LogP contribution in [0.15, 0.2) is 42.1 Å². The van der Waals surface area contributed by atoms with Crippen molar-refractivity contribution in [3.05, 3.63) is 64.3 Å². The van der Waals surface area contributed by atoms with Gasteiger partial charge in [-0.2, -0.15) is 0 Å². The van der Waals surface area contributed by atoms with Crippen molar-refractivity contribution in [1.29, 1.82) is 0 Å². The fraction of sp³-hybridized carbons (Fsp3) is 0.385. The molecule has 0 N–H and O–H groups in total. The van der Waals surface area contributed by atoms with E-state index in [0.29, 0.717) is 35.9 Å². The molecule has 0 aromatic heterocycles. The second kappa shape index (κ2) is 9.27. The van der Waals surface area contributed by atoms with Crippen molar-refractivity contribution < 1.29 is 19.1 Å². The summed E-state index contributed by atoms with van der Waals surface area (Å²) in [7, 11) is 5.22. The average molecular weight is 450 g/mol. The highest BCUT2D eigenvalue weighted by atomic mass is 16.5. The van der Waals surface area contributed by atoms with Crippen molar-refractivity contribution in [2.75, 3.05) is 47.4 Å². The van der Waals surface area contributed by atoms with Gasteiger partial charge in [0.15, 0.2) is 11.5 Å². The van der Waals surface area contributed by atoms with Crippen LogP contribution in [0.5, 0.6) is 11.5 Å². The molecule has 0 bridgehead atoms. The number of piperazine rings is 1. The van der Waals surface area contributed by atoms with Gasteiger partial charge in [-0.25, -0.2) is 0 Å². The van der Waals surface area contributed by atoms with Crippen LogP contribution in [-0.2, 0) is 16.1 Å². The minimum Gasteiger partial charge on any atom is -0.493 e. The molecule has 0 aliphatic carbocycles. The van der Waals surface area contributed by atoms with Gasteiger partial charge >= 0.3 is 0 Å². The summed E-state index contributed by atoms with van der Waals surface area (Å²) in [5.74, 6) is 0.669. The Morgan fingerprint density at radius 1 is 0.818 bits per heavy atom. The number of benzene rings is 2. The zero-order valence-electron chi connectivity index (χ0n) is 20.0. The van der Waals surface area contributed by atoms with E-state index in [1.165, 1.54) is 4.90 Å². The van der Waals surface area contributed by atoms with Crippen LogP contribution in [0.3, 0.4) is 0 Å². The number of carbonyl (C=O) groups excluding carboxylic acids is 2. The molecule has 0 saturated carbocycles. The number of ether oxygens (including phenoxy) is 2. The van der Waals surface area contributed by atoms with Gasteiger partial charge in [-0.3, -0.25) is 14.5 Å². The Balaban J connectivity index is 1.72. The maximum absolute atomic E-state index is 13.7. The van der Waals surface area contributed by atoms with E-state index < -0.39 is 0 Å². The quantitative estimate of drug-likeness (QED) is 0.632. The lowest BCUT2D eigenvalue weighted by molar-refractivity contribution is -0.138. The van der Waals surface area contributed by atoms with Crippen molar-refractivity contribution in [3.63, 3.8) is 0 Å². The van der Waals surface area contributed by atoms with E-state index in [9.17, 15) is 9.59 Å². The van der Waals surface area contributed by atoms with Gasteiger partial charge < -0.3 is 19.3 Å². The Morgan fingerprint density at radius 2 is 1.52 bits per heavy atom. The van der Waals surface area contributed by atoms with Gasteiger partial charge in [0.05, 0.1) is 26.3 Å². The van der Waals surface area contributed by atoms with Gasteiger partial charge in [-0.05, 0) is 55.3 Å². The van der Waals surface area contributed by atoms with Gasteiger partial charge in [0.25, 0.3) is 11.8 Å². The molecule has 1 saturated heterocycles. The van der Waals surface area contributed by atoms with Crippen LogP contribution < -0.4 is 9.47 Å². The summed E-state index contributed by atoms with van der Waals surface area (Å²) in [5, 5.41) is 0. The summed E-state index contributed by atoms with van der Waals surface area (Å²) in [6.07, 6.45) is 0. The summed E-state index contributed by atoms with van der Waals surface area (Å²) in [6, 6.07) is 11.4. The molecule has 2 aromatic carbocycles. The third-order valence-electron chi connectivity index (χ3n) is 6.55. The summed E-state index contributed by atoms with van der Waals surface area (Å²) >= 11 is 0. The van der Waals surface area contributed by atoms with Crippen molar-refractivity contribution in [3.8, 4) is 11.5 Å². The molecule has 2 aliphatic heterocycles. The number of amides is 2. The molecule has 2 heterocycles. The zero-order valence-corrected chi connectivity index (χ0v) is 20.0. The molecule has 0 atom stereocenters. The topological polar surface area (TPSA) is 62.3 Å². The number of aryl methyl sites for hydroxylation is 2. The van der Waals surface area contributed by atoms with E-state index >= 15 is 0 Å². The zero-order chi connectivity index (χ0) is 23.7. The minimum atomic E-state index is -0.257. The first-order valence-corrected chi connectivity index (χ1v) is 11.2. The van der Waals surface area contributed by atoms with Crippen LogP contribution in [0.25, 0.3) is 5.57 Å². The van der Waals surface area contributed by atoms with Gasteiger partial charge in [-0.1, -0.05) is 24.3 Å². The number of carbonyl (C=O) groups is 2. The summed E-state index contributed by atoms with van der Waals surface area (Å²) < 4.78 is 10.7. The Bertz CT molecular complexity index is 1120. The molecule has 7 nitrogen and oxygen atoms in total. The van der Waals surface area contributed by atoms with E-state index in [1.54, 1.807) is 20.3 Å². The Labute approximate surface area is 195 Å². The lowest BCUT2D eigenvalue weighted by atomic mass is 9.99. The van der Waals surface area contributed by atoms with E-state index in [-0.39, 0.29) is 18.4 Å². The highest BCUT2D eigenvalue weighted by molar-refractivity contribution is 6.35. The molecule has 7 heteroatoms. The molecule has 1 fully saturated rings. The van der Waals surface area contributed by atoms with Crippen LogP contribution in [0, 0.1) is 13.8 Å². The van der Waals surface area contributed by atoms with E-state index in [0.717, 1.165) is 35.3 Å². The Morgan fingerprint density at radius 3 is 2.15 bits per heavy atom. The van der Waals surface area contributed by atoms with Gasteiger partial charge in [0, 0.05) is 26.2 Å². The first kappa shape index (κ1) is 22.9. The molecule has 0 radical (unpaired) electrons. The standard InChI is InChI=1S/C26H31N3O4/c1-17-6-8-20(14-18(17)2)23-24(28-12-10-27(3)11-13-28)26(31)29(25(23)30)16-19-7-9-21(32-4)22(15-19)33-5/h6-9,14-15H,10-13,16H2,1-5H3. The van der Waals surface area contributed by atoms with E-state index in [1.807, 2.05) is 44.2 Å². The Hall–Kier alpha value is -3.32. The number of rotatable bonds is 6.